The lowest BCUT2D eigenvalue weighted by Gasteiger charge is -2.40. The molecular weight excluding hydrogens is 217 g/mol. The summed E-state index contributed by atoms with van der Waals surface area (Å²) in [6.45, 7) is 6.58. The number of anilines is 1. The number of halogens is 1. The van der Waals surface area contributed by atoms with Crippen LogP contribution in [0, 0.1) is 17.1 Å². The van der Waals surface area contributed by atoms with Gasteiger partial charge in [0.15, 0.2) is 0 Å². The fourth-order valence-electron chi connectivity index (χ4n) is 2.18. The predicted octanol–water partition coefficient (Wildman–Crippen LogP) is 1.89. The Balaban J connectivity index is 2.26. The largest absolute Gasteiger partial charge is 0.366 e. The second kappa shape index (κ2) is 4.34. The zero-order valence-electron chi connectivity index (χ0n) is 10.1. The molecule has 0 amide bonds. The molecule has 1 fully saturated rings. The Morgan fingerprint density at radius 2 is 2.24 bits per heavy atom. The van der Waals surface area contributed by atoms with Gasteiger partial charge in [0, 0.05) is 25.2 Å². The van der Waals surface area contributed by atoms with Gasteiger partial charge in [0.2, 0.25) is 0 Å². The first-order chi connectivity index (χ1) is 8.02. The third-order valence-electron chi connectivity index (χ3n) is 2.99. The van der Waals surface area contributed by atoms with Gasteiger partial charge >= 0.3 is 0 Å². The van der Waals surface area contributed by atoms with Gasteiger partial charge < -0.3 is 10.2 Å². The molecule has 2 rings (SSSR count). The molecule has 0 aliphatic carbocycles. The second-order valence-electron chi connectivity index (χ2n) is 5.01. The first kappa shape index (κ1) is 11.9. The fourth-order valence-corrected chi connectivity index (χ4v) is 2.18. The van der Waals surface area contributed by atoms with E-state index in [1.54, 1.807) is 12.1 Å². The zero-order chi connectivity index (χ0) is 12.5. The second-order valence-corrected chi connectivity index (χ2v) is 5.01. The van der Waals surface area contributed by atoms with Crippen LogP contribution in [0.15, 0.2) is 18.2 Å². The van der Waals surface area contributed by atoms with Crippen LogP contribution in [-0.2, 0) is 0 Å². The SMILES string of the molecule is CC1(C)CN(c2ccc(C#N)cc2F)CCN1. The van der Waals surface area contributed by atoms with Crippen LogP contribution < -0.4 is 10.2 Å². The van der Waals surface area contributed by atoms with E-state index in [1.807, 2.05) is 11.0 Å². The summed E-state index contributed by atoms with van der Waals surface area (Å²) in [5.74, 6) is -0.318. The highest BCUT2D eigenvalue weighted by Gasteiger charge is 2.27. The van der Waals surface area contributed by atoms with Crippen molar-refractivity contribution in [2.45, 2.75) is 19.4 Å². The number of nitrogens with one attached hydrogen (secondary N) is 1. The lowest BCUT2D eigenvalue weighted by atomic mass is 10.0. The highest BCUT2D eigenvalue weighted by atomic mass is 19.1. The van der Waals surface area contributed by atoms with Crippen LogP contribution in [0.25, 0.3) is 0 Å². The predicted molar refractivity (Wildman–Crippen MR) is 65.4 cm³/mol. The number of benzene rings is 1. The van der Waals surface area contributed by atoms with E-state index in [-0.39, 0.29) is 11.4 Å². The quantitative estimate of drug-likeness (QED) is 0.805. The van der Waals surface area contributed by atoms with Gasteiger partial charge in [-0.05, 0) is 32.0 Å². The van der Waals surface area contributed by atoms with Gasteiger partial charge in [0.05, 0.1) is 17.3 Å². The summed E-state index contributed by atoms with van der Waals surface area (Å²) >= 11 is 0. The minimum absolute atomic E-state index is 0.0153. The zero-order valence-corrected chi connectivity index (χ0v) is 10.1. The Bertz CT molecular complexity index is 462. The van der Waals surface area contributed by atoms with Crippen molar-refractivity contribution in [3.05, 3.63) is 29.6 Å². The van der Waals surface area contributed by atoms with Crippen LogP contribution in [0.1, 0.15) is 19.4 Å². The molecule has 1 aromatic carbocycles. The van der Waals surface area contributed by atoms with Crippen LogP contribution >= 0.6 is 0 Å². The van der Waals surface area contributed by atoms with Crippen molar-refractivity contribution < 1.29 is 4.39 Å². The Morgan fingerprint density at radius 3 is 2.82 bits per heavy atom. The van der Waals surface area contributed by atoms with Crippen LogP contribution in [0.2, 0.25) is 0 Å². The van der Waals surface area contributed by atoms with Crippen molar-refractivity contribution in [3.8, 4) is 6.07 Å². The molecule has 1 aromatic rings. The van der Waals surface area contributed by atoms with Gasteiger partial charge in [-0.25, -0.2) is 4.39 Å². The maximum Gasteiger partial charge on any atom is 0.147 e. The topological polar surface area (TPSA) is 39.1 Å². The van der Waals surface area contributed by atoms with Gasteiger partial charge in [-0.1, -0.05) is 0 Å². The first-order valence-electron chi connectivity index (χ1n) is 5.71. The summed E-state index contributed by atoms with van der Waals surface area (Å²) in [5, 5.41) is 12.1. The average molecular weight is 233 g/mol. The van der Waals surface area contributed by atoms with E-state index in [0.717, 1.165) is 19.6 Å². The maximum atomic E-state index is 13.9. The average Bonchev–Trinajstić information content (AvgIpc) is 2.27. The van der Waals surface area contributed by atoms with Crippen LogP contribution in [0.5, 0.6) is 0 Å². The Hall–Kier alpha value is -1.60. The summed E-state index contributed by atoms with van der Waals surface area (Å²) in [6, 6.07) is 6.59. The molecule has 17 heavy (non-hydrogen) atoms. The van der Waals surface area contributed by atoms with E-state index in [2.05, 4.69) is 19.2 Å². The van der Waals surface area contributed by atoms with Crippen molar-refractivity contribution in [3.63, 3.8) is 0 Å². The highest BCUT2D eigenvalue weighted by Crippen LogP contribution is 2.23. The lowest BCUT2D eigenvalue weighted by Crippen LogP contribution is -2.57. The summed E-state index contributed by atoms with van der Waals surface area (Å²) in [4.78, 5) is 2.02. The van der Waals surface area contributed by atoms with E-state index in [4.69, 9.17) is 5.26 Å². The molecule has 90 valence electrons. The minimum Gasteiger partial charge on any atom is -0.366 e. The normalized spacial score (nSPS) is 18.8. The van der Waals surface area contributed by atoms with Crippen molar-refractivity contribution in [1.82, 2.24) is 5.32 Å². The molecule has 4 heteroatoms. The number of nitriles is 1. The molecular formula is C13H16FN3. The van der Waals surface area contributed by atoms with E-state index in [0.29, 0.717) is 11.3 Å². The fraction of sp³-hybridized carbons (Fsp3) is 0.462. The minimum atomic E-state index is -0.318. The summed E-state index contributed by atoms with van der Waals surface area (Å²) in [7, 11) is 0. The third kappa shape index (κ3) is 2.56. The van der Waals surface area contributed by atoms with Gasteiger partial charge in [-0.15, -0.1) is 0 Å². The maximum absolute atomic E-state index is 13.9. The van der Waals surface area contributed by atoms with Gasteiger partial charge in [0.25, 0.3) is 0 Å². The van der Waals surface area contributed by atoms with E-state index in [1.165, 1.54) is 6.07 Å². The Morgan fingerprint density at radius 1 is 1.47 bits per heavy atom. The molecule has 1 saturated heterocycles. The Kier molecular flexibility index (Phi) is 3.03. The van der Waals surface area contributed by atoms with Crippen molar-refractivity contribution >= 4 is 5.69 Å². The molecule has 3 nitrogen and oxygen atoms in total. The molecule has 1 heterocycles. The molecule has 0 radical (unpaired) electrons. The van der Waals surface area contributed by atoms with Gasteiger partial charge in [-0.2, -0.15) is 5.26 Å². The summed E-state index contributed by atoms with van der Waals surface area (Å²) in [6.07, 6.45) is 0. The molecule has 0 bridgehead atoms. The number of hydrogen-bond donors (Lipinski definition) is 1. The standard InChI is InChI=1S/C13H16FN3/c1-13(2)9-17(6-5-16-13)12-4-3-10(8-15)7-11(12)14/h3-4,7,16H,5-6,9H2,1-2H3. The van der Waals surface area contributed by atoms with E-state index < -0.39 is 0 Å². The number of hydrogen-bond acceptors (Lipinski definition) is 3. The monoisotopic (exact) mass is 233 g/mol. The molecule has 0 atom stereocenters. The van der Waals surface area contributed by atoms with Crippen LogP contribution in [0.3, 0.4) is 0 Å². The molecule has 0 unspecified atom stereocenters. The molecule has 0 saturated carbocycles. The van der Waals surface area contributed by atoms with Gasteiger partial charge in [-0.3, -0.25) is 0 Å². The summed E-state index contributed by atoms with van der Waals surface area (Å²) < 4.78 is 13.9. The van der Waals surface area contributed by atoms with Crippen molar-refractivity contribution in [1.29, 1.82) is 5.26 Å². The highest BCUT2D eigenvalue weighted by molar-refractivity contribution is 5.52. The molecule has 1 aliphatic heterocycles. The van der Waals surface area contributed by atoms with E-state index >= 15 is 0 Å². The van der Waals surface area contributed by atoms with Crippen molar-refractivity contribution in [2.24, 2.45) is 0 Å². The molecule has 1 N–H and O–H groups in total. The van der Waals surface area contributed by atoms with Crippen LogP contribution in [-0.4, -0.2) is 25.2 Å². The Labute approximate surface area is 101 Å². The number of piperazine rings is 1. The lowest BCUT2D eigenvalue weighted by molar-refractivity contribution is 0.351. The first-order valence-corrected chi connectivity index (χ1v) is 5.71. The third-order valence-corrected chi connectivity index (χ3v) is 2.99. The molecule has 1 aliphatic rings. The number of rotatable bonds is 1. The number of nitrogens with zero attached hydrogens (tertiary/aromatic N) is 2. The van der Waals surface area contributed by atoms with Gasteiger partial charge in [0.1, 0.15) is 5.82 Å². The van der Waals surface area contributed by atoms with Crippen molar-refractivity contribution in [2.75, 3.05) is 24.5 Å². The van der Waals surface area contributed by atoms with Crippen LogP contribution in [0.4, 0.5) is 10.1 Å². The van der Waals surface area contributed by atoms with E-state index in [9.17, 15) is 4.39 Å². The smallest absolute Gasteiger partial charge is 0.147 e. The summed E-state index contributed by atoms with van der Waals surface area (Å²) in [5.41, 5.74) is 0.928. The molecule has 0 aromatic heterocycles. The molecule has 0 spiro atoms.